The van der Waals surface area contributed by atoms with Gasteiger partial charge < -0.3 is 14.8 Å². The number of amides is 1. The molecule has 0 aliphatic rings. The molecule has 0 aliphatic heterocycles. The first kappa shape index (κ1) is 19.7. The van der Waals surface area contributed by atoms with Crippen LogP contribution in [0.3, 0.4) is 0 Å². The minimum atomic E-state index is -1.44. The predicted molar refractivity (Wildman–Crippen MR) is 90.3 cm³/mol. The molecule has 132 valence electrons. The lowest BCUT2D eigenvalue weighted by molar-refractivity contribution is -0.173. The topological polar surface area (TPSA) is 81.7 Å². The van der Waals surface area contributed by atoms with Crippen molar-refractivity contribution in [2.75, 3.05) is 18.5 Å². The third-order valence-electron chi connectivity index (χ3n) is 3.77. The van der Waals surface area contributed by atoms with Gasteiger partial charge in [-0.3, -0.25) is 14.4 Å². The molecule has 0 aliphatic carbocycles. The number of para-hydroxylation sites is 1. The second kappa shape index (κ2) is 9.70. The molecule has 0 unspecified atom stereocenters. The summed E-state index contributed by atoms with van der Waals surface area (Å²) in [5, 5.41) is 2.74. The van der Waals surface area contributed by atoms with Crippen LogP contribution in [-0.4, -0.2) is 31.1 Å². The van der Waals surface area contributed by atoms with Crippen molar-refractivity contribution in [3.05, 3.63) is 30.3 Å². The molecule has 24 heavy (non-hydrogen) atoms. The van der Waals surface area contributed by atoms with Gasteiger partial charge in [-0.25, -0.2) is 0 Å². The summed E-state index contributed by atoms with van der Waals surface area (Å²) in [4.78, 5) is 36.8. The SMILES string of the molecule is CCOC(=O)C(CC)(CCC(=O)Nc1ccccc1)C(=O)OCC. The van der Waals surface area contributed by atoms with Gasteiger partial charge in [0.1, 0.15) is 0 Å². The fraction of sp³-hybridized carbons (Fsp3) is 0.500. The van der Waals surface area contributed by atoms with Crippen molar-refractivity contribution in [3.8, 4) is 0 Å². The molecule has 0 bridgehead atoms. The first-order valence-electron chi connectivity index (χ1n) is 8.19. The molecule has 1 amide bonds. The van der Waals surface area contributed by atoms with Crippen molar-refractivity contribution in [2.24, 2.45) is 5.41 Å². The molecule has 6 heteroatoms. The summed E-state index contributed by atoms with van der Waals surface area (Å²) in [6, 6.07) is 9.00. The molecule has 0 radical (unpaired) electrons. The van der Waals surface area contributed by atoms with Crippen molar-refractivity contribution >= 4 is 23.5 Å². The number of carbonyl (C=O) groups excluding carboxylic acids is 3. The molecule has 0 aromatic heterocycles. The highest BCUT2D eigenvalue weighted by Crippen LogP contribution is 2.32. The van der Waals surface area contributed by atoms with Crippen molar-refractivity contribution < 1.29 is 23.9 Å². The predicted octanol–water partition coefficient (Wildman–Crippen LogP) is 2.93. The van der Waals surface area contributed by atoms with Crippen LogP contribution in [0, 0.1) is 5.41 Å². The Morgan fingerprint density at radius 1 is 0.958 bits per heavy atom. The highest BCUT2D eigenvalue weighted by atomic mass is 16.6. The minimum absolute atomic E-state index is 0.0142. The van der Waals surface area contributed by atoms with Gasteiger partial charge >= 0.3 is 11.9 Å². The Labute approximate surface area is 142 Å². The number of hydrogen-bond acceptors (Lipinski definition) is 5. The van der Waals surface area contributed by atoms with E-state index >= 15 is 0 Å². The number of anilines is 1. The summed E-state index contributed by atoms with van der Waals surface area (Å²) in [5.41, 5.74) is -0.781. The van der Waals surface area contributed by atoms with E-state index in [4.69, 9.17) is 9.47 Å². The van der Waals surface area contributed by atoms with Gasteiger partial charge in [0, 0.05) is 12.1 Å². The van der Waals surface area contributed by atoms with Gasteiger partial charge in [-0.2, -0.15) is 0 Å². The Kier molecular flexibility index (Phi) is 7.95. The Morgan fingerprint density at radius 2 is 1.50 bits per heavy atom. The van der Waals surface area contributed by atoms with Gasteiger partial charge in [0.15, 0.2) is 5.41 Å². The molecule has 0 saturated carbocycles. The van der Waals surface area contributed by atoms with Gasteiger partial charge in [0.05, 0.1) is 13.2 Å². The van der Waals surface area contributed by atoms with Crippen molar-refractivity contribution in [1.82, 2.24) is 0 Å². The number of hydrogen-bond donors (Lipinski definition) is 1. The van der Waals surface area contributed by atoms with Crippen LogP contribution >= 0.6 is 0 Å². The third kappa shape index (κ3) is 5.08. The quantitative estimate of drug-likeness (QED) is 0.554. The average Bonchev–Trinajstić information content (AvgIpc) is 2.57. The lowest BCUT2D eigenvalue weighted by atomic mass is 9.80. The molecule has 0 heterocycles. The van der Waals surface area contributed by atoms with Crippen LogP contribution in [0.4, 0.5) is 5.69 Å². The van der Waals surface area contributed by atoms with Crippen molar-refractivity contribution in [2.45, 2.75) is 40.0 Å². The van der Waals surface area contributed by atoms with E-state index < -0.39 is 17.4 Å². The first-order chi connectivity index (χ1) is 11.5. The van der Waals surface area contributed by atoms with Crippen LogP contribution in [0.25, 0.3) is 0 Å². The van der Waals surface area contributed by atoms with Crippen LogP contribution in [0.5, 0.6) is 0 Å². The molecular weight excluding hydrogens is 310 g/mol. The number of benzene rings is 1. The maximum absolute atomic E-state index is 12.3. The normalized spacial score (nSPS) is 10.8. The second-order valence-electron chi connectivity index (χ2n) is 5.29. The lowest BCUT2D eigenvalue weighted by Crippen LogP contribution is -2.42. The number of rotatable bonds is 9. The van der Waals surface area contributed by atoms with Crippen LogP contribution in [0.1, 0.15) is 40.0 Å². The van der Waals surface area contributed by atoms with Crippen molar-refractivity contribution in [3.63, 3.8) is 0 Å². The van der Waals surface area contributed by atoms with E-state index in [1.165, 1.54) is 0 Å². The van der Waals surface area contributed by atoms with E-state index in [9.17, 15) is 14.4 Å². The number of ether oxygens (including phenoxy) is 2. The van der Waals surface area contributed by atoms with E-state index in [1.807, 2.05) is 18.2 Å². The van der Waals surface area contributed by atoms with E-state index in [0.717, 1.165) is 0 Å². The molecule has 0 atom stereocenters. The zero-order chi connectivity index (χ0) is 18.0. The second-order valence-corrected chi connectivity index (χ2v) is 5.29. The van der Waals surface area contributed by atoms with Crippen LogP contribution < -0.4 is 5.32 Å². The highest BCUT2D eigenvalue weighted by Gasteiger charge is 2.47. The zero-order valence-electron chi connectivity index (χ0n) is 14.5. The average molecular weight is 335 g/mol. The summed E-state index contributed by atoms with van der Waals surface area (Å²) in [6.07, 6.45) is 0.267. The Balaban J connectivity index is 2.82. The molecule has 6 nitrogen and oxygen atoms in total. The van der Waals surface area contributed by atoms with Crippen LogP contribution in [0.2, 0.25) is 0 Å². The molecular formula is C18H25NO5. The maximum atomic E-state index is 12.3. The van der Waals surface area contributed by atoms with Crippen LogP contribution in [0.15, 0.2) is 30.3 Å². The van der Waals surface area contributed by atoms with Gasteiger partial charge in [-0.1, -0.05) is 25.1 Å². The summed E-state index contributed by atoms with van der Waals surface area (Å²) >= 11 is 0. The number of esters is 2. The summed E-state index contributed by atoms with van der Waals surface area (Å²) < 4.78 is 10.1. The Hall–Kier alpha value is -2.37. The summed E-state index contributed by atoms with van der Waals surface area (Å²) in [5.74, 6) is -1.55. The molecule has 1 rings (SSSR count). The number of carbonyl (C=O) groups is 3. The minimum Gasteiger partial charge on any atom is -0.465 e. The maximum Gasteiger partial charge on any atom is 0.323 e. The fourth-order valence-electron chi connectivity index (χ4n) is 2.36. The largest absolute Gasteiger partial charge is 0.465 e. The van der Waals surface area contributed by atoms with E-state index in [2.05, 4.69) is 5.32 Å². The smallest absolute Gasteiger partial charge is 0.323 e. The molecule has 1 aromatic rings. The Bertz CT molecular complexity index is 538. The van der Waals surface area contributed by atoms with Gasteiger partial charge in [0.2, 0.25) is 5.91 Å². The van der Waals surface area contributed by atoms with Gasteiger partial charge in [-0.15, -0.1) is 0 Å². The standard InChI is InChI=1S/C18H25NO5/c1-4-18(16(21)23-5-2,17(22)24-6-3)13-12-15(20)19-14-10-8-7-9-11-14/h7-11H,4-6,12-13H2,1-3H3,(H,19,20). The van der Waals surface area contributed by atoms with E-state index in [0.29, 0.717) is 5.69 Å². The Morgan fingerprint density at radius 3 is 1.96 bits per heavy atom. The summed E-state index contributed by atoms with van der Waals surface area (Å²) in [6.45, 7) is 5.38. The third-order valence-corrected chi connectivity index (χ3v) is 3.77. The molecule has 0 spiro atoms. The zero-order valence-corrected chi connectivity index (χ0v) is 14.5. The van der Waals surface area contributed by atoms with E-state index in [1.54, 1.807) is 32.9 Å². The van der Waals surface area contributed by atoms with E-state index in [-0.39, 0.29) is 38.4 Å². The molecule has 0 fully saturated rings. The number of nitrogens with one attached hydrogen (secondary N) is 1. The van der Waals surface area contributed by atoms with Crippen molar-refractivity contribution in [1.29, 1.82) is 0 Å². The van der Waals surface area contributed by atoms with Crippen LogP contribution in [-0.2, 0) is 23.9 Å². The lowest BCUT2D eigenvalue weighted by Gasteiger charge is -2.27. The monoisotopic (exact) mass is 335 g/mol. The fourth-order valence-corrected chi connectivity index (χ4v) is 2.36. The first-order valence-corrected chi connectivity index (χ1v) is 8.19. The van der Waals surface area contributed by atoms with Gasteiger partial charge in [0.25, 0.3) is 0 Å². The van der Waals surface area contributed by atoms with Gasteiger partial charge in [-0.05, 0) is 38.8 Å². The highest BCUT2D eigenvalue weighted by molar-refractivity contribution is 6.01. The molecule has 1 aromatic carbocycles. The summed E-state index contributed by atoms with van der Waals surface area (Å²) in [7, 11) is 0. The molecule has 0 saturated heterocycles. The molecule has 1 N–H and O–H groups in total.